The summed E-state index contributed by atoms with van der Waals surface area (Å²) in [7, 11) is 0. The van der Waals surface area contributed by atoms with E-state index < -0.39 is 47.2 Å². The first-order valence-corrected chi connectivity index (χ1v) is 13.1. The van der Waals surface area contributed by atoms with E-state index in [4.69, 9.17) is 0 Å². The van der Waals surface area contributed by atoms with Crippen LogP contribution in [0.2, 0.25) is 0 Å². The van der Waals surface area contributed by atoms with Gasteiger partial charge in [0, 0.05) is 6.42 Å². The van der Waals surface area contributed by atoms with Crippen LogP contribution in [0.25, 0.3) is 10.9 Å². The predicted molar refractivity (Wildman–Crippen MR) is 148 cm³/mol. The minimum Gasteiger partial charge on any atom is -0.480 e. The molecule has 0 bridgehead atoms. The number of benzene rings is 2. The molecule has 0 aliphatic carbocycles. The Morgan fingerprint density at radius 1 is 0.923 bits per heavy atom. The van der Waals surface area contributed by atoms with Crippen LogP contribution in [0.3, 0.4) is 0 Å². The summed E-state index contributed by atoms with van der Waals surface area (Å²) in [6, 6.07) is 12.0. The second-order valence-corrected chi connectivity index (χ2v) is 10.3. The average molecular weight is 537 g/mol. The number of rotatable bonds is 12. The molecule has 4 N–H and O–H groups in total. The first-order valence-electron chi connectivity index (χ1n) is 13.1. The minimum absolute atomic E-state index is 0.0210. The standard InChI is InChI=1S/C29H36N4O6/c1-5-18(4)24(28(37)38)32-25(34)22(15-17(2)3)30-26(35)23(16-19-11-7-6-8-12-19)33-27(36)20-13-9-10-14-21(20)31-29(33)39/h6-14,17-18,22-24H,5,15-16H2,1-4H3,(H,30,35)(H,31,39)(H,32,34)(H,37,38)/t18?,22-,23+,24-/m0/s1. The molecule has 1 heterocycles. The summed E-state index contributed by atoms with van der Waals surface area (Å²) in [5.74, 6) is -2.85. The Bertz CT molecular complexity index is 1430. The number of fused-ring (bicyclic) bond motifs is 1. The average Bonchev–Trinajstić information content (AvgIpc) is 2.90. The number of nitrogens with one attached hydrogen (secondary N) is 3. The Kier molecular flexibility index (Phi) is 9.81. The first kappa shape index (κ1) is 29.3. The molecule has 0 spiro atoms. The zero-order valence-corrected chi connectivity index (χ0v) is 22.6. The maximum atomic E-state index is 13.8. The zero-order chi connectivity index (χ0) is 28.7. The quantitative estimate of drug-likeness (QED) is 0.279. The molecule has 10 nitrogen and oxygen atoms in total. The molecule has 3 rings (SSSR count). The lowest BCUT2D eigenvalue weighted by Crippen LogP contribution is -2.55. The number of carboxylic acids is 1. The first-order chi connectivity index (χ1) is 18.5. The van der Waals surface area contributed by atoms with E-state index in [1.807, 2.05) is 26.8 Å². The number of aromatic amines is 1. The summed E-state index contributed by atoms with van der Waals surface area (Å²) in [6.45, 7) is 7.29. The summed E-state index contributed by atoms with van der Waals surface area (Å²) in [5, 5.41) is 15.2. The fraction of sp³-hybridized carbons (Fsp3) is 0.414. The number of aromatic nitrogens is 2. The van der Waals surface area contributed by atoms with E-state index in [0.29, 0.717) is 17.5 Å². The molecule has 10 heteroatoms. The van der Waals surface area contributed by atoms with Gasteiger partial charge < -0.3 is 20.7 Å². The van der Waals surface area contributed by atoms with Crippen LogP contribution < -0.4 is 21.9 Å². The van der Waals surface area contributed by atoms with Crippen molar-refractivity contribution in [2.45, 2.75) is 65.1 Å². The number of nitrogens with zero attached hydrogens (tertiary/aromatic N) is 1. The largest absolute Gasteiger partial charge is 0.480 e. The Hall–Kier alpha value is -4.21. The predicted octanol–water partition coefficient (Wildman–Crippen LogP) is 2.62. The summed E-state index contributed by atoms with van der Waals surface area (Å²) < 4.78 is 0.883. The normalized spacial score (nSPS) is 14.4. The Morgan fingerprint density at radius 2 is 1.56 bits per heavy atom. The maximum Gasteiger partial charge on any atom is 0.329 e. The van der Waals surface area contributed by atoms with E-state index in [0.717, 1.165) is 4.57 Å². The van der Waals surface area contributed by atoms with Crippen molar-refractivity contribution in [1.29, 1.82) is 0 Å². The molecule has 0 aliphatic heterocycles. The van der Waals surface area contributed by atoms with E-state index in [9.17, 15) is 29.1 Å². The van der Waals surface area contributed by atoms with Crippen molar-refractivity contribution in [2.75, 3.05) is 0 Å². The van der Waals surface area contributed by atoms with Gasteiger partial charge >= 0.3 is 11.7 Å². The molecule has 4 atom stereocenters. The summed E-state index contributed by atoms with van der Waals surface area (Å²) in [4.78, 5) is 68.0. The van der Waals surface area contributed by atoms with E-state index in [1.165, 1.54) is 0 Å². The van der Waals surface area contributed by atoms with Gasteiger partial charge in [-0.15, -0.1) is 0 Å². The molecule has 0 fully saturated rings. The number of para-hydroxylation sites is 1. The van der Waals surface area contributed by atoms with Crippen LogP contribution in [0.1, 0.15) is 52.1 Å². The number of aliphatic carboxylic acids is 1. The molecule has 39 heavy (non-hydrogen) atoms. The molecule has 0 radical (unpaired) electrons. The fourth-order valence-electron chi connectivity index (χ4n) is 4.51. The molecular weight excluding hydrogens is 500 g/mol. The number of amides is 2. The van der Waals surface area contributed by atoms with Crippen molar-refractivity contribution in [1.82, 2.24) is 20.2 Å². The van der Waals surface area contributed by atoms with E-state index in [-0.39, 0.29) is 30.1 Å². The lowest BCUT2D eigenvalue weighted by molar-refractivity contribution is -0.143. The van der Waals surface area contributed by atoms with Crippen molar-refractivity contribution in [2.24, 2.45) is 11.8 Å². The highest BCUT2D eigenvalue weighted by Crippen LogP contribution is 2.16. The van der Waals surface area contributed by atoms with Gasteiger partial charge in [-0.2, -0.15) is 0 Å². The molecule has 1 aromatic heterocycles. The minimum atomic E-state index is -1.26. The molecule has 0 saturated heterocycles. The van der Waals surface area contributed by atoms with Crippen LogP contribution in [0.15, 0.2) is 64.2 Å². The van der Waals surface area contributed by atoms with Crippen LogP contribution in [0.5, 0.6) is 0 Å². The van der Waals surface area contributed by atoms with Crippen molar-refractivity contribution in [3.8, 4) is 0 Å². The Balaban J connectivity index is 2.02. The van der Waals surface area contributed by atoms with Crippen molar-refractivity contribution >= 4 is 28.7 Å². The van der Waals surface area contributed by atoms with Gasteiger partial charge in [0.05, 0.1) is 10.9 Å². The zero-order valence-electron chi connectivity index (χ0n) is 22.6. The monoisotopic (exact) mass is 536 g/mol. The Morgan fingerprint density at radius 3 is 2.18 bits per heavy atom. The van der Waals surface area contributed by atoms with E-state index >= 15 is 0 Å². The van der Waals surface area contributed by atoms with Gasteiger partial charge in [-0.05, 0) is 36.0 Å². The molecule has 3 aromatic rings. The van der Waals surface area contributed by atoms with Crippen molar-refractivity contribution in [3.63, 3.8) is 0 Å². The van der Waals surface area contributed by atoms with Crippen LogP contribution in [0.4, 0.5) is 0 Å². The number of H-pyrrole nitrogens is 1. The van der Waals surface area contributed by atoms with Crippen molar-refractivity contribution in [3.05, 3.63) is 81.0 Å². The molecule has 0 aliphatic rings. The topological polar surface area (TPSA) is 150 Å². The van der Waals surface area contributed by atoms with Gasteiger partial charge in [0.2, 0.25) is 11.8 Å². The summed E-state index contributed by atoms with van der Waals surface area (Å²) >= 11 is 0. The van der Waals surface area contributed by atoms with Gasteiger partial charge in [-0.3, -0.25) is 14.4 Å². The number of carbonyl (C=O) groups is 3. The molecule has 1 unspecified atom stereocenters. The summed E-state index contributed by atoms with van der Waals surface area (Å²) in [5.41, 5.74) is -0.311. The highest BCUT2D eigenvalue weighted by Gasteiger charge is 2.33. The number of carbonyl (C=O) groups excluding carboxylic acids is 2. The second kappa shape index (κ2) is 13.0. The highest BCUT2D eigenvalue weighted by atomic mass is 16.4. The highest BCUT2D eigenvalue weighted by molar-refractivity contribution is 5.91. The third-order valence-electron chi connectivity index (χ3n) is 6.84. The molecular formula is C29H36N4O6. The Labute approximate surface area is 226 Å². The number of carboxylic acid groups (broad SMARTS) is 1. The van der Waals surface area contributed by atoms with Gasteiger partial charge in [0.1, 0.15) is 18.1 Å². The smallest absolute Gasteiger partial charge is 0.329 e. The lowest BCUT2D eigenvalue weighted by Gasteiger charge is -2.27. The third-order valence-corrected chi connectivity index (χ3v) is 6.84. The van der Waals surface area contributed by atoms with Crippen LogP contribution in [-0.4, -0.2) is 44.5 Å². The van der Waals surface area contributed by atoms with Crippen molar-refractivity contribution < 1.29 is 19.5 Å². The van der Waals surface area contributed by atoms with E-state index in [1.54, 1.807) is 55.5 Å². The fourth-order valence-corrected chi connectivity index (χ4v) is 4.51. The van der Waals surface area contributed by atoms with Crippen LogP contribution in [0, 0.1) is 11.8 Å². The molecule has 208 valence electrons. The van der Waals surface area contributed by atoms with Crippen LogP contribution >= 0.6 is 0 Å². The van der Waals surface area contributed by atoms with Crippen LogP contribution in [-0.2, 0) is 20.8 Å². The van der Waals surface area contributed by atoms with E-state index in [2.05, 4.69) is 15.6 Å². The summed E-state index contributed by atoms with van der Waals surface area (Å²) in [6.07, 6.45) is 0.783. The second-order valence-electron chi connectivity index (χ2n) is 10.3. The maximum absolute atomic E-state index is 13.8. The lowest BCUT2D eigenvalue weighted by atomic mass is 9.97. The SMILES string of the molecule is CCC(C)[C@H](NC(=O)[C@H](CC(C)C)NC(=O)[C@@H](Cc1ccccc1)n1c(=O)[nH]c2ccccc2c1=O)C(=O)O. The van der Waals surface area contributed by atoms with Gasteiger partial charge in [-0.25, -0.2) is 14.2 Å². The number of hydrogen-bond donors (Lipinski definition) is 4. The van der Waals surface area contributed by atoms with Gasteiger partial charge in [0.25, 0.3) is 5.56 Å². The molecule has 2 aromatic carbocycles. The number of hydrogen-bond acceptors (Lipinski definition) is 5. The van der Waals surface area contributed by atoms with Gasteiger partial charge in [0.15, 0.2) is 0 Å². The third kappa shape index (κ3) is 7.22. The molecule has 0 saturated carbocycles. The van der Waals surface area contributed by atoms with Gasteiger partial charge in [-0.1, -0.05) is 76.6 Å². The molecule has 2 amide bonds.